The smallest absolute Gasteiger partial charge is 0.414 e. The summed E-state index contributed by atoms with van der Waals surface area (Å²) in [5, 5.41) is 2.83. The number of cyclic esters (lactones) is 1. The fourth-order valence-corrected chi connectivity index (χ4v) is 1.98. The van der Waals surface area contributed by atoms with Crippen LogP contribution in [0.2, 0.25) is 0 Å². The minimum absolute atomic E-state index is 0.314. The predicted molar refractivity (Wildman–Crippen MR) is 70.2 cm³/mol. The number of aromatic nitrogens is 1. The van der Waals surface area contributed by atoms with Crippen molar-refractivity contribution in [3.63, 3.8) is 0 Å². The van der Waals surface area contributed by atoms with Crippen LogP contribution >= 0.6 is 0 Å². The number of oxazole rings is 1. The molecule has 3 rings (SSSR count). The molecule has 6 heteroatoms. The van der Waals surface area contributed by atoms with Gasteiger partial charge in [-0.15, -0.1) is 0 Å². The summed E-state index contributed by atoms with van der Waals surface area (Å²) in [6.07, 6.45) is 1.33. The number of carbonyl (C=O) groups excluding carboxylic acids is 1. The Kier molecular flexibility index (Phi) is 2.83. The largest absolute Gasteiger partial charge is 0.447 e. The molecule has 1 aliphatic rings. The fourth-order valence-electron chi connectivity index (χ4n) is 1.98. The maximum absolute atomic E-state index is 11.5. The van der Waals surface area contributed by atoms with Crippen molar-refractivity contribution in [2.24, 2.45) is 0 Å². The number of nitrogens with zero attached hydrogens (tertiary/aromatic N) is 2. The summed E-state index contributed by atoms with van der Waals surface area (Å²) in [7, 11) is 1.74. The first kappa shape index (κ1) is 11.6. The number of nitrogens with one attached hydrogen (secondary N) is 1. The molecule has 0 unspecified atom stereocenters. The number of hydrogen-bond donors (Lipinski definition) is 1. The van der Waals surface area contributed by atoms with Gasteiger partial charge in [0.1, 0.15) is 6.61 Å². The Morgan fingerprint density at radius 3 is 3.00 bits per heavy atom. The van der Waals surface area contributed by atoms with E-state index < -0.39 is 0 Å². The Hall–Kier alpha value is -2.50. The van der Waals surface area contributed by atoms with Gasteiger partial charge in [-0.05, 0) is 12.1 Å². The molecule has 6 nitrogen and oxygen atoms in total. The van der Waals surface area contributed by atoms with Gasteiger partial charge in [-0.25, -0.2) is 9.78 Å². The zero-order valence-electron chi connectivity index (χ0n) is 10.4. The molecular formula is C13H13N3O3. The topological polar surface area (TPSA) is 67.6 Å². The average molecular weight is 259 g/mol. The molecule has 0 atom stereocenters. The first-order chi connectivity index (χ1) is 9.28. The summed E-state index contributed by atoms with van der Waals surface area (Å²) in [4.78, 5) is 17.2. The van der Waals surface area contributed by atoms with Crippen LogP contribution in [0.1, 0.15) is 0 Å². The third-order valence-electron chi connectivity index (χ3n) is 2.92. The lowest BCUT2D eigenvalue weighted by Crippen LogP contribution is -2.23. The van der Waals surface area contributed by atoms with Gasteiger partial charge in [-0.2, -0.15) is 0 Å². The second-order valence-electron chi connectivity index (χ2n) is 4.10. The van der Waals surface area contributed by atoms with E-state index in [-0.39, 0.29) is 6.09 Å². The van der Waals surface area contributed by atoms with E-state index >= 15 is 0 Å². The molecule has 1 fully saturated rings. The normalized spacial score (nSPS) is 14.6. The lowest BCUT2D eigenvalue weighted by molar-refractivity contribution is 0.181. The number of rotatable bonds is 3. The maximum atomic E-state index is 11.5. The van der Waals surface area contributed by atoms with Crippen molar-refractivity contribution < 1.29 is 13.9 Å². The summed E-state index contributed by atoms with van der Waals surface area (Å²) in [5.74, 6) is 0.652. The van der Waals surface area contributed by atoms with E-state index in [0.29, 0.717) is 24.9 Å². The average Bonchev–Trinajstić information content (AvgIpc) is 3.07. The van der Waals surface area contributed by atoms with Crippen molar-refractivity contribution >= 4 is 17.8 Å². The fraction of sp³-hybridized carbons (Fsp3) is 0.231. The molecule has 1 amide bonds. The van der Waals surface area contributed by atoms with Crippen molar-refractivity contribution in [1.29, 1.82) is 0 Å². The molecule has 0 bridgehead atoms. The lowest BCUT2D eigenvalue weighted by atomic mass is 10.1. The zero-order chi connectivity index (χ0) is 13.2. The Labute approximate surface area is 110 Å². The highest BCUT2D eigenvalue weighted by Gasteiger charge is 2.23. The van der Waals surface area contributed by atoms with Gasteiger partial charge in [0.25, 0.3) is 6.01 Å². The molecule has 1 N–H and O–H groups in total. The van der Waals surface area contributed by atoms with Crippen LogP contribution in [-0.2, 0) is 4.74 Å². The van der Waals surface area contributed by atoms with Gasteiger partial charge in [0, 0.05) is 18.3 Å². The van der Waals surface area contributed by atoms with Gasteiger partial charge in [0.05, 0.1) is 12.7 Å². The quantitative estimate of drug-likeness (QED) is 0.916. The molecule has 0 saturated carbocycles. The minimum atomic E-state index is -0.314. The van der Waals surface area contributed by atoms with E-state index in [2.05, 4.69) is 10.3 Å². The number of carbonyl (C=O) groups is 1. The molecule has 0 aliphatic carbocycles. The van der Waals surface area contributed by atoms with Crippen LogP contribution in [0.25, 0.3) is 11.3 Å². The third-order valence-corrected chi connectivity index (χ3v) is 2.92. The second kappa shape index (κ2) is 4.64. The van der Waals surface area contributed by atoms with Gasteiger partial charge in [-0.1, -0.05) is 12.1 Å². The molecule has 1 aromatic carbocycles. The molecule has 1 aromatic heterocycles. The van der Waals surface area contributed by atoms with Crippen molar-refractivity contribution in [2.45, 2.75) is 0 Å². The second-order valence-corrected chi connectivity index (χ2v) is 4.10. The molecular weight excluding hydrogens is 246 g/mol. The number of ether oxygens (including phenoxy) is 1. The van der Waals surface area contributed by atoms with Crippen molar-refractivity contribution in [2.75, 3.05) is 30.4 Å². The Morgan fingerprint density at radius 1 is 1.42 bits per heavy atom. The maximum Gasteiger partial charge on any atom is 0.414 e. The summed E-state index contributed by atoms with van der Waals surface area (Å²) < 4.78 is 10.4. The van der Waals surface area contributed by atoms with Crippen LogP contribution in [0, 0.1) is 0 Å². The SMILES string of the molecule is CNc1ncc(-c2cccc(N3CCOC3=O)c2)o1. The summed E-state index contributed by atoms with van der Waals surface area (Å²) in [6, 6.07) is 7.99. The van der Waals surface area contributed by atoms with E-state index in [0.717, 1.165) is 11.3 Å². The Morgan fingerprint density at radius 2 is 2.32 bits per heavy atom. The third kappa shape index (κ3) is 2.12. The molecule has 19 heavy (non-hydrogen) atoms. The summed E-state index contributed by atoms with van der Waals surface area (Å²) in [6.45, 7) is 0.996. The molecule has 0 spiro atoms. The zero-order valence-corrected chi connectivity index (χ0v) is 10.4. The molecule has 98 valence electrons. The molecule has 0 radical (unpaired) electrons. The number of amides is 1. The van der Waals surface area contributed by atoms with Crippen molar-refractivity contribution in [3.05, 3.63) is 30.5 Å². The van der Waals surface area contributed by atoms with Crippen LogP contribution in [0.4, 0.5) is 16.5 Å². The first-order valence-electron chi connectivity index (χ1n) is 5.96. The van der Waals surface area contributed by atoms with Gasteiger partial charge in [-0.3, -0.25) is 4.90 Å². The monoisotopic (exact) mass is 259 g/mol. The van der Waals surface area contributed by atoms with E-state index in [1.165, 1.54) is 0 Å². The number of benzene rings is 1. The van der Waals surface area contributed by atoms with Gasteiger partial charge >= 0.3 is 6.09 Å². The van der Waals surface area contributed by atoms with Crippen LogP contribution < -0.4 is 10.2 Å². The van der Waals surface area contributed by atoms with Gasteiger partial charge in [0.15, 0.2) is 5.76 Å². The summed E-state index contributed by atoms with van der Waals surface area (Å²) >= 11 is 0. The summed E-state index contributed by atoms with van der Waals surface area (Å²) in [5.41, 5.74) is 1.66. The van der Waals surface area contributed by atoms with E-state index in [9.17, 15) is 4.79 Å². The van der Waals surface area contributed by atoms with Gasteiger partial charge in [0.2, 0.25) is 0 Å². The minimum Gasteiger partial charge on any atom is -0.447 e. The van der Waals surface area contributed by atoms with E-state index in [1.807, 2.05) is 24.3 Å². The predicted octanol–water partition coefficient (Wildman–Crippen LogP) is 2.34. The Bertz CT molecular complexity index is 609. The highest BCUT2D eigenvalue weighted by Crippen LogP contribution is 2.27. The highest BCUT2D eigenvalue weighted by atomic mass is 16.6. The standard InChI is InChI=1S/C13H13N3O3/c1-14-12-15-8-11(19-12)9-3-2-4-10(7-9)16-5-6-18-13(16)17/h2-4,7-8H,5-6H2,1H3,(H,14,15). The van der Waals surface area contributed by atoms with Crippen LogP contribution in [0.15, 0.2) is 34.9 Å². The van der Waals surface area contributed by atoms with Gasteiger partial charge < -0.3 is 14.5 Å². The van der Waals surface area contributed by atoms with Crippen LogP contribution in [0.3, 0.4) is 0 Å². The van der Waals surface area contributed by atoms with Crippen LogP contribution in [-0.4, -0.2) is 31.3 Å². The molecule has 2 aromatic rings. The van der Waals surface area contributed by atoms with Crippen LogP contribution in [0.5, 0.6) is 0 Å². The number of anilines is 2. The van der Waals surface area contributed by atoms with Crippen molar-refractivity contribution in [1.82, 2.24) is 4.98 Å². The van der Waals surface area contributed by atoms with Crippen molar-refractivity contribution in [3.8, 4) is 11.3 Å². The molecule has 1 saturated heterocycles. The van der Waals surface area contributed by atoms with E-state index in [1.54, 1.807) is 18.1 Å². The lowest BCUT2D eigenvalue weighted by Gasteiger charge is -2.13. The number of hydrogen-bond acceptors (Lipinski definition) is 5. The van der Waals surface area contributed by atoms with E-state index in [4.69, 9.17) is 9.15 Å². The first-order valence-corrected chi connectivity index (χ1v) is 5.96. The molecule has 1 aliphatic heterocycles. The Balaban J connectivity index is 1.93. The molecule has 2 heterocycles. The highest BCUT2D eigenvalue weighted by molar-refractivity contribution is 5.90.